The number of halogens is 1. The first-order valence-electron chi connectivity index (χ1n) is 7.96. The number of nitrogens with one attached hydrogen (secondary N) is 1. The zero-order valence-corrected chi connectivity index (χ0v) is 12.0. The van der Waals surface area contributed by atoms with Crippen molar-refractivity contribution in [2.45, 2.75) is 38.1 Å². The number of amides is 1. The lowest BCUT2D eigenvalue weighted by Gasteiger charge is -2.54. The highest BCUT2D eigenvalue weighted by Gasteiger charge is 2.48. The first kappa shape index (κ1) is 13.1. The van der Waals surface area contributed by atoms with Crippen LogP contribution in [-0.2, 0) is 0 Å². The fourth-order valence-electron chi connectivity index (χ4n) is 5.06. The van der Waals surface area contributed by atoms with Crippen molar-refractivity contribution < 1.29 is 9.18 Å². The van der Waals surface area contributed by atoms with Gasteiger partial charge in [0, 0.05) is 11.6 Å². The van der Waals surface area contributed by atoms with E-state index in [9.17, 15) is 9.18 Å². The molecule has 0 atom stereocenters. The number of nitrogens with two attached hydrogens (primary N) is 1. The molecule has 5 rings (SSSR count). The number of nitrogen functional groups attached to an aromatic ring is 1. The highest BCUT2D eigenvalue weighted by atomic mass is 19.1. The zero-order chi connectivity index (χ0) is 14.6. The van der Waals surface area contributed by atoms with Crippen LogP contribution >= 0.6 is 0 Å². The van der Waals surface area contributed by atoms with E-state index < -0.39 is 5.82 Å². The summed E-state index contributed by atoms with van der Waals surface area (Å²) in [6.45, 7) is 0. The second-order valence-electron chi connectivity index (χ2n) is 7.17. The van der Waals surface area contributed by atoms with E-state index in [0.717, 1.165) is 11.8 Å². The number of hydrogen-bond acceptors (Lipinski definition) is 2. The summed E-state index contributed by atoms with van der Waals surface area (Å²) in [7, 11) is 0. The summed E-state index contributed by atoms with van der Waals surface area (Å²) in [6, 6.07) is 4.58. The third-order valence-electron chi connectivity index (χ3n) is 5.79. The molecule has 1 aromatic rings. The first-order valence-corrected chi connectivity index (χ1v) is 7.96. The Morgan fingerprint density at radius 1 is 1.10 bits per heavy atom. The third kappa shape index (κ3) is 2.21. The molecule has 0 spiro atoms. The Bertz CT molecular complexity index is 558. The maximum absolute atomic E-state index is 13.5. The van der Waals surface area contributed by atoms with Gasteiger partial charge in [-0.2, -0.15) is 0 Å². The van der Waals surface area contributed by atoms with Crippen molar-refractivity contribution in [3.8, 4) is 0 Å². The lowest BCUT2D eigenvalue weighted by atomic mass is 9.54. The van der Waals surface area contributed by atoms with E-state index in [2.05, 4.69) is 5.32 Å². The Hall–Kier alpha value is -1.58. The summed E-state index contributed by atoms with van der Waals surface area (Å²) in [5, 5.41) is 3.18. The molecule has 21 heavy (non-hydrogen) atoms. The molecule has 3 nitrogen and oxygen atoms in total. The van der Waals surface area contributed by atoms with E-state index in [1.165, 1.54) is 44.2 Å². The van der Waals surface area contributed by atoms with Crippen LogP contribution in [0, 0.1) is 29.5 Å². The van der Waals surface area contributed by atoms with Gasteiger partial charge in [0.1, 0.15) is 5.82 Å². The summed E-state index contributed by atoms with van der Waals surface area (Å²) in [6.07, 6.45) is 6.43. The van der Waals surface area contributed by atoms with Crippen molar-refractivity contribution in [3.05, 3.63) is 29.6 Å². The van der Waals surface area contributed by atoms with Gasteiger partial charge in [0.2, 0.25) is 0 Å². The minimum Gasteiger partial charge on any atom is -0.396 e. The van der Waals surface area contributed by atoms with Gasteiger partial charge in [0.15, 0.2) is 0 Å². The fraction of sp³-hybridized carbons (Fsp3) is 0.588. The van der Waals surface area contributed by atoms with Gasteiger partial charge >= 0.3 is 0 Å². The van der Waals surface area contributed by atoms with Gasteiger partial charge in [0.05, 0.1) is 5.69 Å². The molecular weight excluding hydrogens is 267 g/mol. The molecule has 4 aliphatic rings. The largest absolute Gasteiger partial charge is 0.396 e. The molecule has 1 amide bonds. The molecule has 4 fully saturated rings. The van der Waals surface area contributed by atoms with Crippen LogP contribution in [0.15, 0.2) is 18.2 Å². The maximum Gasteiger partial charge on any atom is 0.251 e. The quantitative estimate of drug-likeness (QED) is 0.822. The van der Waals surface area contributed by atoms with Gasteiger partial charge in [-0.25, -0.2) is 4.39 Å². The number of anilines is 1. The van der Waals surface area contributed by atoms with E-state index in [0.29, 0.717) is 17.4 Å². The Kier molecular flexibility index (Phi) is 2.95. The highest BCUT2D eigenvalue weighted by Crippen LogP contribution is 2.53. The van der Waals surface area contributed by atoms with E-state index in [-0.39, 0.29) is 17.6 Å². The average molecular weight is 288 g/mol. The van der Waals surface area contributed by atoms with Crippen molar-refractivity contribution in [3.63, 3.8) is 0 Å². The SMILES string of the molecule is Nc1ccc(C(=O)NC2C3CC4CC(C3)CC2C4)cc1F. The van der Waals surface area contributed by atoms with E-state index in [1.807, 2.05) is 0 Å². The van der Waals surface area contributed by atoms with Crippen molar-refractivity contribution in [2.75, 3.05) is 5.73 Å². The van der Waals surface area contributed by atoms with Crippen LogP contribution in [0.1, 0.15) is 42.5 Å². The van der Waals surface area contributed by atoms with E-state index >= 15 is 0 Å². The van der Waals surface area contributed by atoms with Crippen LogP contribution in [0.5, 0.6) is 0 Å². The predicted molar refractivity (Wildman–Crippen MR) is 79.1 cm³/mol. The monoisotopic (exact) mass is 288 g/mol. The summed E-state index contributed by atoms with van der Waals surface area (Å²) in [5.41, 5.74) is 5.92. The summed E-state index contributed by atoms with van der Waals surface area (Å²) in [4.78, 5) is 12.4. The molecule has 1 aromatic carbocycles. The normalized spacial score (nSPS) is 36.7. The number of rotatable bonds is 2. The van der Waals surface area contributed by atoms with Gasteiger partial charge < -0.3 is 11.1 Å². The lowest BCUT2D eigenvalue weighted by Crippen LogP contribution is -2.55. The van der Waals surface area contributed by atoms with E-state index in [1.54, 1.807) is 6.07 Å². The number of carbonyl (C=O) groups excluding carboxylic acids is 1. The molecule has 0 saturated heterocycles. The van der Waals surface area contributed by atoms with Gasteiger partial charge in [-0.15, -0.1) is 0 Å². The topological polar surface area (TPSA) is 55.1 Å². The molecule has 0 aliphatic heterocycles. The molecule has 112 valence electrons. The summed E-state index contributed by atoms with van der Waals surface area (Å²) in [5.74, 6) is 2.34. The molecule has 0 radical (unpaired) electrons. The Labute approximate surface area is 124 Å². The molecule has 4 aliphatic carbocycles. The minimum atomic E-state index is -0.521. The number of carbonyl (C=O) groups is 1. The van der Waals surface area contributed by atoms with Crippen LogP contribution in [0.3, 0.4) is 0 Å². The average Bonchev–Trinajstić information content (AvgIpc) is 2.45. The standard InChI is InChI=1S/C17H21FN2O/c18-14-8-11(1-2-15(14)19)17(21)20-16-12-4-9-3-10(6-12)7-13(16)5-9/h1-2,8-10,12-13,16H,3-7,19H2,(H,20,21). The number of hydrogen-bond donors (Lipinski definition) is 2. The molecule has 3 N–H and O–H groups in total. The van der Waals surface area contributed by atoms with E-state index in [4.69, 9.17) is 5.73 Å². The summed E-state index contributed by atoms with van der Waals surface area (Å²) >= 11 is 0. The van der Waals surface area contributed by atoms with Crippen LogP contribution in [0.25, 0.3) is 0 Å². The van der Waals surface area contributed by atoms with Crippen molar-refractivity contribution in [2.24, 2.45) is 23.7 Å². The summed E-state index contributed by atoms with van der Waals surface area (Å²) < 4.78 is 13.5. The van der Waals surface area contributed by atoms with Crippen LogP contribution in [0.2, 0.25) is 0 Å². The van der Waals surface area contributed by atoms with Crippen LogP contribution in [0.4, 0.5) is 10.1 Å². The van der Waals surface area contributed by atoms with Gasteiger partial charge in [-0.1, -0.05) is 0 Å². The van der Waals surface area contributed by atoms with Crippen LogP contribution < -0.4 is 11.1 Å². The molecule has 0 aromatic heterocycles. The molecule has 4 saturated carbocycles. The van der Waals surface area contributed by atoms with Crippen molar-refractivity contribution in [1.29, 1.82) is 0 Å². The third-order valence-corrected chi connectivity index (χ3v) is 5.79. The molecule has 0 heterocycles. The minimum absolute atomic E-state index is 0.0844. The molecule has 0 unspecified atom stereocenters. The Balaban J connectivity index is 1.50. The van der Waals surface area contributed by atoms with Gasteiger partial charge in [-0.05, 0) is 74.0 Å². The van der Waals surface area contributed by atoms with Crippen molar-refractivity contribution in [1.82, 2.24) is 5.32 Å². The van der Waals surface area contributed by atoms with Crippen molar-refractivity contribution >= 4 is 11.6 Å². The van der Waals surface area contributed by atoms with Gasteiger partial charge in [0.25, 0.3) is 5.91 Å². The molecular formula is C17H21FN2O. The Morgan fingerprint density at radius 2 is 1.71 bits per heavy atom. The first-order chi connectivity index (χ1) is 10.1. The second kappa shape index (κ2) is 4.72. The Morgan fingerprint density at radius 3 is 2.29 bits per heavy atom. The molecule has 4 heteroatoms. The lowest BCUT2D eigenvalue weighted by molar-refractivity contribution is -0.0119. The number of benzene rings is 1. The van der Waals surface area contributed by atoms with Gasteiger partial charge in [-0.3, -0.25) is 4.79 Å². The fourth-order valence-corrected chi connectivity index (χ4v) is 5.06. The van der Waals surface area contributed by atoms with Crippen LogP contribution in [-0.4, -0.2) is 11.9 Å². The molecule has 4 bridgehead atoms. The predicted octanol–water partition coefficient (Wildman–Crippen LogP) is 2.96. The zero-order valence-electron chi connectivity index (χ0n) is 12.0. The smallest absolute Gasteiger partial charge is 0.251 e. The maximum atomic E-state index is 13.5. The second-order valence-corrected chi connectivity index (χ2v) is 7.17. The highest BCUT2D eigenvalue weighted by molar-refractivity contribution is 5.94.